The summed E-state index contributed by atoms with van der Waals surface area (Å²) in [5, 5.41) is 31.4. The molecule has 0 spiro atoms. The zero-order valence-corrected chi connectivity index (χ0v) is 46.1. The molecule has 4 aliphatic heterocycles. The number of aliphatic hydroxyl groups is 1. The summed E-state index contributed by atoms with van der Waals surface area (Å²) >= 11 is 0. The van der Waals surface area contributed by atoms with Gasteiger partial charge >= 0.3 is 18.0 Å². The van der Waals surface area contributed by atoms with Crippen molar-refractivity contribution in [3.8, 4) is 23.5 Å². The molecular weight excluding hydrogens is 1090 g/mol. The van der Waals surface area contributed by atoms with Crippen LogP contribution in [0.2, 0.25) is 0 Å². The second-order valence-corrected chi connectivity index (χ2v) is 18.7. The molecule has 2 aromatic carbocycles. The molecule has 6 aromatic rings. The van der Waals surface area contributed by atoms with Gasteiger partial charge in [0.1, 0.15) is 6.61 Å². The summed E-state index contributed by atoms with van der Waals surface area (Å²) in [7, 11) is 7.38. The summed E-state index contributed by atoms with van der Waals surface area (Å²) in [6.07, 6.45) is 6.49. The van der Waals surface area contributed by atoms with E-state index in [0.717, 1.165) is 27.8 Å². The minimum absolute atomic E-state index is 0. The van der Waals surface area contributed by atoms with Crippen molar-refractivity contribution in [1.29, 1.82) is 0 Å². The Morgan fingerprint density at radius 2 is 0.917 bits per heavy atom. The quantitative estimate of drug-likeness (QED) is 0.0694. The lowest BCUT2D eigenvalue weighted by Gasteiger charge is -2.20. The Bertz CT molecular complexity index is 3140. The van der Waals surface area contributed by atoms with Gasteiger partial charge in [0.05, 0.1) is 84.2 Å². The maximum Gasteiger partial charge on any atom is 0.407 e. The number of carboxylic acids is 1. The number of alkyl carbamates (subject to hydrolysis) is 1. The number of rotatable bonds is 14. The van der Waals surface area contributed by atoms with Crippen LogP contribution in [0.3, 0.4) is 0 Å². The number of ether oxygens (including phenoxy) is 6. The number of nitrogens with zero attached hydrogens (tertiary/aromatic N) is 4. The first-order valence-electron chi connectivity index (χ1n) is 25.9. The number of aliphatic hydroxyl groups excluding tert-OH is 1. The van der Waals surface area contributed by atoms with E-state index in [2.05, 4.69) is 46.5 Å². The summed E-state index contributed by atoms with van der Waals surface area (Å²) in [5.74, 6) is -1.36. The van der Waals surface area contributed by atoms with Crippen LogP contribution >= 0.6 is 0 Å². The van der Waals surface area contributed by atoms with Crippen LogP contribution in [0.15, 0.2) is 134 Å². The van der Waals surface area contributed by atoms with Gasteiger partial charge in [-0.15, -0.1) is 0 Å². The number of hydrogen-bond donors (Lipinski definition) is 8. The molecular formula is C59H70N10O15. The number of amides is 5. The molecule has 4 aromatic heterocycles. The molecule has 0 saturated carbocycles. The van der Waals surface area contributed by atoms with Gasteiger partial charge in [-0.1, -0.05) is 68.1 Å². The molecule has 5 unspecified atom stereocenters. The average Bonchev–Trinajstić information content (AvgIpc) is 4.19. The predicted molar refractivity (Wildman–Crippen MR) is 302 cm³/mol. The topological polar surface area (TPSA) is 353 Å². The van der Waals surface area contributed by atoms with Crippen molar-refractivity contribution < 1.29 is 72.2 Å². The number of hydrogen-bond acceptors (Lipinski definition) is 19. The minimum Gasteiger partial charge on any atom is -0.481 e. The number of pyridine rings is 4. The van der Waals surface area contributed by atoms with E-state index in [9.17, 15) is 33.6 Å². The number of carbonyl (C=O) groups is 7. The minimum atomic E-state index is -0.982. The second kappa shape index (κ2) is 32.6. The predicted octanol–water partition coefficient (Wildman–Crippen LogP) is 4.53. The molecule has 0 aliphatic carbocycles. The highest BCUT2D eigenvalue weighted by molar-refractivity contribution is 5.88. The largest absolute Gasteiger partial charge is 0.481 e. The smallest absolute Gasteiger partial charge is 0.407 e. The highest BCUT2D eigenvalue weighted by Gasteiger charge is 2.41. The monoisotopic (exact) mass is 1160 g/mol. The number of esters is 1. The van der Waals surface area contributed by atoms with Gasteiger partial charge in [-0.05, 0) is 57.6 Å². The van der Waals surface area contributed by atoms with Gasteiger partial charge in [-0.25, -0.2) is 24.7 Å². The summed E-state index contributed by atoms with van der Waals surface area (Å²) in [5.41, 5.74) is 10.9. The van der Waals surface area contributed by atoms with Crippen molar-refractivity contribution in [2.75, 3.05) is 35.5 Å². The van der Waals surface area contributed by atoms with Crippen molar-refractivity contribution in [3.05, 3.63) is 167 Å². The van der Waals surface area contributed by atoms with Crippen molar-refractivity contribution >= 4 is 41.7 Å². The first-order valence-corrected chi connectivity index (χ1v) is 25.9. The fourth-order valence-corrected chi connectivity index (χ4v) is 9.05. The van der Waals surface area contributed by atoms with E-state index < -0.39 is 42.0 Å². The van der Waals surface area contributed by atoms with E-state index in [1.807, 2.05) is 66.7 Å². The number of aliphatic carboxylic acids is 1. The average molecular weight is 1160 g/mol. The summed E-state index contributed by atoms with van der Waals surface area (Å²) in [6, 6.07) is 30.9. The molecule has 10 rings (SSSR count). The van der Waals surface area contributed by atoms with Crippen LogP contribution in [0, 0.1) is 11.8 Å². The van der Waals surface area contributed by atoms with Gasteiger partial charge in [-0.3, -0.25) is 28.8 Å². The lowest BCUT2D eigenvalue weighted by molar-refractivity contribution is -0.146. The molecule has 4 saturated heterocycles. The van der Waals surface area contributed by atoms with E-state index in [-0.39, 0.29) is 87.7 Å². The van der Waals surface area contributed by atoms with Crippen molar-refractivity contribution in [3.63, 3.8) is 0 Å². The fraction of sp³-hybridized carbons (Fsp3) is 0.339. The number of methoxy groups -OCH3 is 5. The second-order valence-electron chi connectivity index (χ2n) is 18.7. The van der Waals surface area contributed by atoms with E-state index in [4.69, 9.17) is 44.4 Å². The fourth-order valence-electron chi connectivity index (χ4n) is 9.05. The third-order valence-electron chi connectivity index (χ3n) is 13.2. The molecule has 0 bridgehead atoms. The molecule has 84 heavy (non-hydrogen) atoms. The van der Waals surface area contributed by atoms with E-state index in [0.29, 0.717) is 35.5 Å². The third kappa shape index (κ3) is 18.9. The SMILES string of the molecule is C.COC(=O)C1CC(=O)NC1c1ccnc(OC)c1.COc1cc(C2NC(=O)C[C@@H]2C(=O)O)ccn1.COc1cc(C2NC(=O)C[C@@H]2N)ccn1.COc1cc(C2NC(=O)C[C@@H]2NC(=O)OCc2ccccc2)ccn1.OCc1ccccc1. The Balaban J connectivity index is 0.000000198. The molecule has 25 nitrogen and oxygen atoms in total. The van der Waals surface area contributed by atoms with Gasteiger partial charge in [0.25, 0.3) is 0 Å². The highest BCUT2D eigenvalue weighted by Crippen LogP contribution is 2.34. The third-order valence-corrected chi connectivity index (χ3v) is 13.2. The van der Waals surface area contributed by atoms with Crippen LogP contribution in [-0.4, -0.2) is 119 Å². The van der Waals surface area contributed by atoms with Gasteiger partial charge in [0.15, 0.2) is 0 Å². The normalized spacial score (nSPS) is 20.6. The first-order chi connectivity index (χ1) is 40.1. The molecule has 9 N–H and O–H groups in total. The molecule has 8 atom stereocenters. The van der Waals surface area contributed by atoms with Crippen LogP contribution in [0.25, 0.3) is 0 Å². The van der Waals surface area contributed by atoms with E-state index in [1.54, 1.807) is 68.2 Å². The number of nitrogens with two attached hydrogens (primary N) is 1. The van der Waals surface area contributed by atoms with Crippen LogP contribution in [-0.2, 0) is 51.5 Å². The van der Waals surface area contributed by atoms with Crippen LogP contribution < -0.4 is 51.3 Å². The van der Waals surface area contributed by atoms with E-state index in [1.165, 1.54) is 34.6 Å². The van der Waals surface area contributed by atoms with Gasteiger partial charge in [0.2, 0.25) is 47.1 Å². The number of nitrogens with one attached hydrogen (secondary N) is 5. The summed E-state index contributed by atoms with van der Waals surface area (Å²) in [4.78, 5) is 96.4. The number of aromatic nitrogens is 4. The summed E-state index contributed by atoms with van der Waals surface area (Å²) in [6.45, 7) is 0.315. The Morgan fingerprint density at radius 3 is 1.32 bits per heavy atom. The molecule has 25 heteroatoms. The maximum atomic E-state index is 12.1. The van der Waals surface area contributed by atoms with Crippen molar-refractivity contribution in [2.24, 2.45) is 17.6 Å². The molecule has 0 radical (unpaired) electrons. The maximum absolute atomic E-state index is 12.1. The molecule has 4 fully saturated rings. The number of carbonyl (C=O) groups excluding carboxylic acids is 6. The van der Waals surface area contributed by atoms with Crippen molar-refractivity contribution in [1.82, 2.24) is 46.5 Å². The van der Waals surface area contributed by atoms with Crippen molar-refractivity contribution in [2.45, 2.75) is 82.6 Å². The molecule has 446 valence electrons. The Morgan fingerprint density at radius 1 is 0.536 bits per heavy atom. The number of carboxylic acid groups (broad SMARTS) is 1. The van der Waals surface area contributed by atoms with Crippen LogP contribution in [0.4, 0.5) is 4.79 Å². The van der Waals surface area contributed by atoms with Crippen LogP contribution in [0.5, 0.6) is 23.5 Å². The standard InChI is InChI=1S/C18H19N3O4.C12H14N2O4.C11H12N2O4.C10H13N3O2.C7H8O.CH4/c1-24-16-9-13(7-8-19-16)17-14(10-15(22)21-17)20-18(23)25-11-12-5-3-2-4-6-12;1-17-10-5-7(3-4-13-10)11-8(12(16)18-2)6-9(15)14-11;1-17-9-4-6(2-3-12-9)10-7(11(15)16)5-8(14)13-10;1-15-9-4-6(2-3-12-9)10-7(11)5-8(14)13-10;8-6-7-4-2-1-3-5-7;/h2-9,14,17H,10-11H2,1H3,(H,20,23)(H,21,22);3-5,8,11H,6H2,1-2H3,(H,14,15);2-4,7,10H,5H2,1H3,(H,13,14)(H,15,16);2-4,7,10H,5,11H2,1H3,(H,13,14);1-5,8H,6H2;1H4/t14-,17?;;2*7-,10?;;/m0.00../s1. The lowest BCUT2D eigenvalue weighted by atomic mass is 9.95. The first kappa shape index (κ1) is 65.1. The number of benzene rings is 2. The molecule has 5 amide bonds. The van der Waals surface area contributed by atoms with Crippen LogP contribution in [0.1, 0.15) is 90.7 Å². The summed E-state index contributed by atoms with van der Waals surface area (Å²) < 4.78 is 30.1. The Hall–Kier alpha value is -9.75. The van der Waals surface area contributed by atoms with Gasteiger partial charge in [0, 0.05) is 80.8 Å². The molecule has 8 heterocycles. The van der Waals surface area contributed by atoms with E-state index >= 15 is 0 Å². The van der Waals surface area contributed by atoms with Gasteiger partial charge < -0.3 is 71.0 Å². The van der Waals surface area contributed by atoms with Gasteiger partial charge in [-0.2, -0.15) is 0 Å². The Labute approximate surface area is 485 Å². The molecule has 4 aliphatic rings. The highest BCUT2D eigenvalue weighted by atomic mass is 16.5. The zero-order valence-electron chi connectivity index (χ0n) is 46.1. The zero-order chi connectivity index (χ0) is 59.8. The lowest BCUT2D eigenvalue weighted by Crippen LogP contribution is -2.38. The Kier molecular flexibility index (Phi) is 25.3.